The zero-order chi connectivity index (χ0) is 26.0. The van der Waals surface area contributed by atoms with Crippen LogP contribution in [0.4, 0.5) is 11.9 Å². The lowest BCUT2D eigenvalue weighted by atomic mass is 9.99. The van der Waals surface area contributed by atoms with Gasteiger partial charge < -0.3 is 20.3 Å². The SMILES string of the molecule is CC(C)c1cnn2c3nc(nc12)N(CCC1CNC1)CCCCCOc1cc(S(C)(=O)=O)ccc1CN3. The van der Waals surface area contributed by atoms with Crippen LogP contribution in [0.25, 0.3) is 5.65 Å². The smallest absolute Gasteiger partial charge is 0.230 e. The van der Waals surface area contributed by atoms with Crippen LogP contribution in [0.5, 0.6) is 5.75 Å². The van der Waals surface area contributed by atoms with E-state index in [0.717, 1.165) is 74.6 Å². The summed E-state index contributed by atoms with van der Waals surface area (Å²) < 4.78 is 32.1. The van der Waals surface area contributed by atoms with E-state index in [9.17, 15) is 8.42 Å². The summed E-state index contributed by atoms with van der Waals surface area (Å²) in [5.41, 5.74) is 2.76. The van der Waals surface area contributed by atoms with E-state index in [-0.39, 0.29) is 10.8 Å². The molecule has 4 heterocycles. The lowest BCUT2D eigenvalue weighted by molar-refractivity contribution is 0.301. The number of hydrogen-bond donors (Lipinski definition) is 2. The summed E-state index contributed by atoms with van der Waals surface area (Å²) in [5, 5.41) is 11.4. The number of rotatable bonds is 5. The second kappa shape index (κ2) is 10.8. The first-order chi connectivity index (χ1) is 17.8. The van der Waals surface area contributed by atoms with Gasteiger partial charge in [0, 0.05) is 37.0 Å². The summed E-state index contributed by atoms with van der Waals surface area (Å²) in [6.45, 7) is 9.19. The third-order valence-electron chi connectivity index (χ3n) is 7.20. The molecule has 10 nitrogen and oxygen atoms in total. The minimum absolute atomic E-state index is 0.255. The van der Waals surface area contributed by atoms with Crippen LogP contribution in [-0.2, 0) is 16.4 Å². The molecule has 0 amide bonds. The minimum Gasteiger partial charge on any atom is -0.493 e. The van der Waals surface area contributed by atoms with E-state index in [4.69, 9.17) is 14.7 Å². The highest BCUT2D eigenvalue weighted by Gasteiger charge is 2.22. The van der Waals surface area contributed by atoms with Crippen molar-refractivity contribution in [3.63, 3.8) is 0 Å². The van der Waals surface area contributed by atoms with Gasteiger partial charge in [-0.15, -0.1) is 0 Å². The number of anilines is 2. The molecule has 2 aliphatic rings. The lowest BCUT2D eigenvalue weighted by Crippen LogP contribution is -2.44. The molecule has 0 atom stereocenters. The predicted molar refractivity (Wildman–Crippen MR) is 144 cm³/mol. The molecule has 0 spiro atoms. The van der Waals surface area contributed by atoms with Crippen molar-refractivity contribution in [2.24, 2.45) is 5.92 Å². The van der Waals surface area contributed by atoms with Crippen LogP contribution < -0.4 is 20.3 Å². The van der Waals surface area contributed by atoms with Gasteiger partial charge in [-0.25, -0.2) is 8.42 Å². The first-order valence-corrected chi connectivity index (χ1v) is 15.1. The molecule has 11 heteroatoms. The fourth-order valence-electron chi connectivity index (χ4n) is 4.73. The van der Waals surface area contributed by atoms with Crippen molar-refractivity contribution in [1.82, 2.24) is 24.9 Å². The fourth-order valence-corrected chi connectivity index (χ4v) is 5.37. The average molecular weight is 528 g/mol. The number of aromatic nitrogens is 4. The highest BCUT2D eigenvalue weighted by atomic mass is 32.2. The Balaban J connectivity index is 1.53. The number of fused-ring (bicyclic) bond motifs is 5. The third-order valence-corrected chi connectivity index (χ3v) is 8.31. The van der Waals surface area contributed by atoms with Gasteiger partial charge in [0.05, 0.1) is 17.7 Å². The Hall–Kier alpha value is -2.92. The largest absolute Gasteiger partial charge is 0.493 e. The molecular weight excluding hydrogens is 490 g/mol. The molecule has 37 heavy (non-hydrogen) atoms. The summed E-state index contributed by atoms with van der Waals surface area (Å²) in [5.74, 6) is 2.90. The van der Waals surface area contributed by atoms with E-state index >= 15 is 0 Å². The normalized spacial score (nSPS) is 17.6. The van der Waals surface area contributed by atoms with Gasteiger partial charge in [0.25, 0.3) is 0 Å². The van der Waals surface area contributed by atoms with Crippen LogP contribution >= 0.6 is 0 Å². The van der Waals surface area contributed by atoms with E-state index in [1.807, 2.05) is 12.3 Å². The molecule has 0 radical (unpaired) electrons. The van der Waals surface area contributed by atoms with Gasteiger partial charge >= 0.3 is 0 Å². The Labute approximate surface area is 218 Å². The summed E-state index contributed by atoms with van der Waals surface area (Å²) in [6, 6.07) is 5.07. The Morgan fingerprint density at radius 2 is 2.00 bits per heavy atom. The summed E-state index contributed by atoms with van der Waals surface area (Å²) in [6.07, 6.45) is 7.08. The molecule has 2 bridgehead atoms. The van der Waals surface area contributed by atoms with Crippen molar-refractivity contribution in [3.05, 3.63) is 35.5 Å². The van der Waals surface area contributed by atoms with E-state index in [1.165, 1.54) is 6.26 Å². The third kappa shape index (κ3) is 5.82. The number of benzene rings is 1. The number of ether oxygens (including phenoxy) is 1. The summed E-state index contributed by atoms with van der Waals surface area (Å²) in [4.78, 5) is 12.5. The van der Waals surface area contributed by atoms with Gasteiger partial charge in [-0.2, -0.15) is 19.6 Å². The zero-order valence-electron chi connectivity index (χ0n) is 21.9. The van der Waals surface area contributed by atoms with Crippen molar-refractivity contribution in [3.8, 4) is 5.75 Å². The highest BCUT2D eigenvalue weighted by Crippen LogP contribution is 2.27. The van der Waals surface area contributed by atoms with E-state index in [1.54, 1.807) is 16.6 Å². The van der Waals surface area contributed by atoms with Crippen molar-refractivity contribution < 1.29 is 13.2 Å². The second-order valence-corrected chi connectivity index (χ2v) is 12.5. The molecule has 0 unspecified atom stereocenters. The Morgan fingerprint density at radius 3 is 2.73 bits per heavy atom. The van der Waals surface area contributed by atoms with Crippen molar-refractivity contribution >= 4 is 27.4 Å². The first kappa shape index (κ1) is 25.7. The molecule has 2 aromatic heterocycles. The predicted octanol–water partition coefficient (Wildman–Crippen LogP) is 3.24. The van der Waals surface area contributed by atoms with Crippen molar-refractivity contribution in [1.29, 1.82) is 0 Å². The maximum Gasteiger partial charge on any atom is 0.230 e. The summed E-state index contributed by atoms with van der Waals surface area (Å²) >= 11 is 0. The number of nitrogens with zero attached hydrogens (tertiary/aromatic N) is 5. The van der Waals surface area contributed by atoms with Crippen LogP contribution in [-0.4, -0.2) is 67.0 Å². The van der Waals surface area contributed by atoms with Gasteiger partial charge in [0.15, 0.2) is 15.5 Å². The monoisotopic (exact) mass is 527 g/mol. The Bertz CT molecular complexity index is 1350. The molecule has 1 saturated heterocycles. The standard InChI is InChI=1S/C26H37N7O3S/c1-18(2)22-17-29-33-24(22)30-26-31-25(33)28-16-20-7-8-21(37(3,34)35)13-23(20)36-12-6-4-5-10-32(26)11-9-19-14-27-15-19/h7-8,13,17-19,27H,4-6,9-12,14-16H2,1-3H3,(H,28,30,31). The van der Waals surface area contributed by atoms with Crippen LogP contribution in [0.3, 0.4) is 0 Å². The van der Waals surface area contributed by atoms with Gasteiger partial charge in [0.2, 0.25) is 11.9 Å². The molecule has 2 N–H and O–H groups in total. The number of nitrogens with one attached hydrogen (secondary N) is 2. The fraction of sp³-hybridized carbons (Fsp3) is 0.577. The quantitative estimate of drug-likeness (QED) is 0.516. The molecule has 0 aliphatic carbocycles. The first-order valence-electron chi connectivity index (χ1n) is 13.2. The lowest BCUT2D eigenvalue weighted by Gasteiger charge is -2.30. The average Bonchev–Trinajstić information content (AvgIpc) is 3.26. The Kier molecular flexibility index (Phi) is 7.52. The number of hydrogen-bond acceptors (Lipinski definition) is 9. The number of sulfone groups is 1. The molecule has 3 aromatic rings. The molecule has 0 saturated carbocycles. The molecule has 200 valence electrons. The molecule has 1 aromatic carbocycles. The van der Waals surface area contributed by atoms with Gasteiger partial charge in [-0.1, -0.05) is 19.9 Å². The van der Waals surface area contributed by atoms with Crippen LogP contribution in [0, 0.1) is 5.92 Å². The molecule has 1 fully saturated rings. The van der Waals surface area contributed by atoms with E-state index in [0.29, 0.717) is 30.8 Å². The van der Waals surface area contributed by atoms with Gasteiger partial charge in [0.1, 0.15) is 5.75 Å². The van der Waals surface area contributed by atoms with Crippen molar-refractivity contribution in [2.75, 3.05) is 49.3 Å². The highest BCUT2D eigenvalue weighted by molar-refractivity contribution is 7.90. The topological polar surface area (TPSA) is 114 Å². The van der Waals surface area contributed by atoms with E-state index in [2.05, 4.69) is 34.5 Å². The van der Waals surface area contributed by atoms with Gasteiger partial charge in [-0.05, 0) is 62.7 Å². The van der Waals surface area contributed by atoms with Gasteiger partial charge in [-0.3, -0.25) is 0 Å². The maximum absolute atomic E-state index is 12.1. The van der Waals surface area contributed by atoms with Crippen LogP contribution in [0.2, 0.25) is 0 Å². The Morgan fingerprint density at radius 1 is 1.16 bits per heavy atom. The van der Waals surface area contributed by atoms with Crippen molar-refractivity contribution in [2.45, 2.75) is 56.9 Å². The zero-order valence-corrected chi connectivity index (χ0v) is 22.7. The second-order valence-electron chi connectivity index (χ2n) is 10.4. The molecule has 2 aliphatic heterocycles. The molecular formula is C26H37N7O3S. The van der Waals surface area contributed by atoms with Crippen LogP contribution in [0.1, 0.15) is 56.6 Å². The minimum atomic E-state index is -3.34. The maximum atomic E-state index is 12.1. The van der Waals surface area contributed by atoms with Crippen LogP contribution in [0.15, 0.2) is 29.3 Å². The van der Waals surface area contributed by atoms with E-state index < -0.39 is 9.84 Å². The summed E-state index contributed by atoms with van der Waals surface area (Å²) in [7, 11) is -3.34. The molecule has 5 rings (SSSR count).